The second-order valence-corrected chi connectivity index (χ2v) is 7.21. The minimum atomic E-state index is 0.0448. The van der Waals surface area contributed by atoms with Crippen LogP contribution >= 0.6 is 11.6 Å². The van der Waals surface area contributed by atoms with Crippen LogP contribution in [0, 0.1) is 0 Å². The lowest BCUT2D eigenvalue weighted by atomic mass is 9.94. The summed E-state index contributed by atoms with van der Waals surface area (Å²) in [5.74, 6) is 1.67. The third-order valence-corrected chi connectivity index (χ3v) is 5.22. The van der Waals surface area contributed by atoms with E-state index in [1.807, 2.05) is 24.3 Å². The molecule has 5 rings (SSSR count). The van der Waals surface area contributed by atoms with Gasteiger partial charge in [0, 0.05) is 5.56 Å². The zero-order chi connectivity index (χ0) is 20.7. The molecule has 1 aliphatic rings. The standard InChI is InChI=1S/C22H17ClN4O3/c1-28-14-5-7-15(8-6-14)30-22-26-20(25-21(24)27-22)19-16-4-2-3-12-10-29-11-13(18(12)16)9-17(19)23/h2-9H,10-11H2,1H3,(H2,24,25,26,27). The summed E-state index contributed by atoms with van der Waals surface area (Å²) < 4.78 is 16.6. The third kappa shape index (κ3) is 3.28. The summed E-state index contributed by atoms with van der Waals surface area (Å²) >= 11 is 6.64. The van der Waals surface area contributed by atoms with Crippen LogP contribution in [0.15, 0.2) is 48.5 Å². The molecule has 30 heavy (non-hydrogen) atoms. The van der Waals surface area contributed by atoms with Gasteiger partial charge in [-0.2, -0.15) is 15.0 Å². The Labute approximate surface area is 177 Å². The average molecular weight is 421 g/mol. The van der Waals surface area contributed by atoms with Crippen LogP contribution in [0.25, 0.3) is 22.2 Å². The summed E-state index contributed by atoms with van der Waals surface area (Å²) in [6.45, 7) is 1.06. The van der Waals surface area contributed by atoms with E-state index in [1.54, 1.807) is 31.4 Å². The molecule has 1 aromatic heterocycles. The van der Waals surface area contributed by atoms with Gasteiger partial charge >= 0.3 is 6.01 Å². The van der Waals surface area contributed by atoms with E-state index in [1.165, 1.54) is 0 Å². The highest BCUT2D eigenvalue weighted by Gasteiger charge is 2.21. The monoisotopic (exact) mass is 420 g/mol. The number of benzene rings is 3. The Morgan fingerprint density at radius 2 is 1.73 bits per heavy atom. The van der Waals surface area contributed by atoms with Gasteiger partial charge in [-0.3, -0.25) is 0 Å². The molecule has 0 saturated carbocycles. The van der Waals surface area contributed by atoms with Crippen LogP contribution in [0.4, 0.5) is 5.95 Å². The molecular weight excluding hydrogens is 404 g/mol. The average Bonchev–Trinajstić information content (AvgIpc) is 2.74. The molecule has 2 N–H and O–H groups in total. The van der Waals surface area contributed by atoms with Crippen LogP contribution in [0.3, 0.4) is 0 Å². The van der Waals surface area contributed by atoms with Crippen molar-refractivity contribution in [1.29, 1.82) is 0 Å². The third-order valence-electron chi connectivity index (χ3n) is 4.92. The van der Waals surface area contributed by atoms with Gasteiger partial charge in [-0.1, -0.05) is 29.8 Å². The number of anilines is 1. The molecule has 0 radical (unpaired) electrons. The fraction of sp³-hybridized carbons (Fsp3) is 0.136. The molecule has 0 spiro atoms. The molecule has 4 aromatic rings. The van der Waals surface area contributed by atoms with E-state index < -0.39 is 0 Å². The molecular formula is C22H17ClN4O3. The van der Waals surface area contributed by atoms with Gasteiger partial charge in [0.1, 0.15) is 11.5 Å². The number of nitrogens with two attached hydrogens (primary N) is 1. The van der Waals surface area contributed by atoms with Crippen LogP contribution in [-0.4, -0.2) is 22.1 Å². The number of aromatic nitrogens is 3. The predicted octanol–water partition coefficient (Wildman–Crippen LogP) is 4.76. The van der Waals surface area contributed by atoms with Crippen molar-refractivity contribution < 1.29 is 14.2 Å². The molecule has 8 heteroatoms. The van der Waals surface area contributed by atoms with Crippen molar-refractivity contribution in [2.45, 2.75) is 13.2 Å². The van der Waals surface area contributed by atoms with Crippen molar-refractivity contribution in [1.82, 2.24) is 15.0 Å². The molecule has 150 valence electrons. The van der Waals surface area contributed by atoms with Crippen LogP contribution in [-0.2, 0) is 18.0 Å². The van der Waals surface area contributed by atoms with Crippen LogP contribution < -0.4 is 15.2 Å². The molecule has 0 unspecified atom stereocenters. The summed E-state index contributed by atoms with van der Waals surface area (Å²) in [5, 5.41) is 2.57. The zero-order valence-corrected chi connectivity index (χ0v) is 16.8. The minimum absolute atomic E-state index is 0.0448. The van der Waals surface area contributed by atoms with Gasteiger partial charge < -0.3 is 19.9 Å². The molecule has 1 aliphatic heterocycles. The Kier molecular flexibility index (Phi) is 4.61. The summed E-state index contributed by atoms with van der Waals surface area (Å²) in [6, 6.07) is 15.1. The summed E-state index contributed by atoms with van der Waals surface area (Å²) in [5.41, 5.74) is 8.79. The number of methoxy groups -OCH3 is 1. The molecule has 3 aromatic carbocycles. The second kappa shape index (κ2) is 7.44. The number of halogens is 1. The van der Waals surface area contributed by atoms with E-state index in [0.29, 0.717) is 35.4 Å². The number of ether oxygens (including phenoxy) is 3. The lowest BCUT2D eigenvalue weighted by molar-refractivity contribution is 0.103. The highest BCUT2D eigenvalue weighted by atomic mass is 35.5. The van der Waals surface area contributed by atoms with Gasteiger partial charge in [0.15, 0.2) is 5.82 Å². The zero-order valence-electron chi connectivity index (χ0n) is 16.1. The van der Waals surface area contributed by atoms with Crippen LogP contribution in [0.5, 0.6) is 17.5 Å². The molecule has 0 atom stereocenters. The van der Waals surface area contributed by atoms with E-state index >= 15 is 0 Å². The fourth-order valence-electron chi connectivity index (χ4n) is 3.62. The SMILES string of the molecule is COc1ccc(Oc2nc(N)nc(-c3c(Cl)cc4c5c(cccc35)COC4)n2)cc1. The van der Waals surface area contributed by atoms with Crippen molar-refractivity contribution in [3.63, 3.8) is 0 Å². The number of nitrogens with zero attached hydrogens (tertiary/aromatic N) is 3. The Bertz CT molecular complexity index is 1260. The fourth-order valence-corrected chi connectivity index (χ4v) is 3.94. The Balaban J connectivity index is 1.62. The lowest BCUT2D eigenvalue weighted by Crippen LogP contribution is -2.07. The van der Waals surface area contributed by atoms with Gasteiger partial charge in [-0.25, -0.2) is 0 Å². The molecule has 0 fully saturated rings. The normalized spacial score (nSPS) is 12.7. The van der Waals surface area contributed by atoms with Gasteiger partial charge in [0.2, 0.25) is 5.95 Å². The first-order valence-corrected chi connectivity index (χ1v) is 9.65. The maximum Gasteiger partial charge on any atom is 0.327 e. The van der Waals surface area contributed by atoms with E-state index in [-0.39, 0.29) is 12.0 Å². The Morgan fingerprint density at radius 3 is 2.53 bits per heavy atom. The van der Waals surface area contributed by atoms with E-state index in [4.69, 9.17) is 31.5 Å². The van der Waals surface area contributed by atoms with Crippen molar-refractivity contribution in [2.24, 2.45) is 0 Å². The van der Waals surface area contributed by atoms with Crippen molar-refractivity contribution in [2.75, 3.05) is 12.8 Å². The molecule has 0 aliphatic carbocycles. The summed E-state index contributed by atoms with van der Waals surface area (Å²) in [7, 11) is 1.60. The van der Waals surface area contributed by atoms with Crippen molar-refractivity contribution >= 4 is 28.3 Å². The minimum Gasteiger partial charge on any atom is -0.497 e. The highest BCUT2D eigenvalue weighted by molar-refractivity contribution is 6.35. The largest absolute Gasteiger partial charge is 0.497 e. The first-order valence-electron chi connectivity index (χ1n) is 9.27. The number of rotatable bonds is 4. The molecule has 0 bridgehead atoms. The van der Waals surface area contributed by atoms with Crippen LogP contribution in [0.2, 0.25) is 5.02 Å². The van der Waals surface area contributed by atoms with Crippen molar-refractivity contribution in [3.8, 4) is 28.9 Å². The molecule has 0 saturated heterocycles. The second-order valence-electron chi connectivity index (χ2n) is 6.80. The first kappa shape index (κ1) is 18.6. The van der Waals surface area contributed by atoms with Gasteiger partial charge in [0.05, 0.1) is 25.3 Å². The highest BCUT2D eigenvalue weighted by Crippen LogP contribution is 2.40. The van der Waals surface area contributed by atoms with E-state index in [2.05, 4.69) is 15.0 Å². The smallest absolute Gasteiger partial charge is 0.327 e. The lowest BCUT2D eigenvalue weighted by Gasteiger charge is -2.20. The maximum absolute atomic E-state index is 6.64. The Hall–Kier alpha value is -3.42. The number of hydrogen-bond acceptors (Lipinski definition) is 7. The summed E-state index contributed by atoms with van der Waals surface area (Å²) in [6.07, 6.45) is 0. The quantitative estimate of drug-likeness (QED) is 0.508. The molecule has 2 heterocycles. The summed E-state index contributed by atoms with van der Waals surface area (Å²) in [4.78, 5) is 12.9. The molecule has 7 nitrogen and oxygen atoms in total. The number of nitrogen functional groups attached to an aromatic ring is 1. The Morgan fingerprint density at radius 1 is 0.967 bits per heavy atom. The van der Waals surface area contributed by atoms with E-state index in [9.17, 15) is 0 Å². The van der Waals surface area contributed by atoms with Crippen molar-refractivity contribution in [3.05, 3.63) is 64.7 Å². The first-order chi connectivity index (χ1) is 14.6. The van der Waals surface area contributed by atoms with Gasteiger partial charge in [0.25, 0.3) is 0 Å². The van der Waals surface area contributed by atoms with Gasteiger partial charge in [-0.15, -0.1) is 0 Å². The molecule has 0 amide bonds. The van der Waals surface area contributed by atoms with E-state index in [0.717, 1.165) is 27.6 Å². The topological polar surface area (TPSA) is 92.4 Å². The number of hydrogen-bond donors (Lipinski definition) is 1. The maximum atomic E-state index is 6.64. The van der Waals surface area contributed by atoms with Crippen LogP contribution in [0.1, 0.15) is 11.1 Å². The predicted molar refractivity (Wildman–Crippen MR) is 114 cm³/mol. The van der Waals surface area contributed by atoms with Gasteiger partial charge in [-0.05, 0) is 52.2 Å².